The molecule has 5 fully saturated rings. The minimum absolute atomic E-state index is 0.00991. The molecule has 4 bridgehead atoms. The molecule has 8 nitrogen and oxygen atoms in total. The van der Waals surface area contributed by atoms with Crippen molar-refractivity contribution in [1.82, 2.24) is 20.2 Å². The molecule has 2 N–H and O–H groups in total. The van der Waals surface area contributed by atoms with Gasteiger partial charge in [0.05, 0.1) is 18.2 Å². The molecule has 0 amide bonds. The van der Waals surface area contributed by atoms with Crippen molar-refractivity contribution >= 4 is 27.5 Å². The van der Waals surface area contributed by atoms with Gasteiger partial charge in [-0.15, -0.1) is 6.42 Å². The van der Waals surface area contributed by atoms with Crippen LogP contribution in [-0.4, -0.2) is 70.4 Å². The third-order valence-corrected chi connectivity index (χ3v) is 11.8. The standard InChI is InChI=1S/C39H38F2N6O2/c1-2-29-33(40)10-3-23-15-28(48)16-32(34(23)29)30-8-9-31-36(35(30)41)44-38(45-37(31)46-18-24-4-5-25(19-46)43-24)49-21-39(11-12-39)20-47-26-6-7-27(47)14-22(13-26)17-42/h1,3,8-10,15-16,22,24-27,43,48H,4-7,11-14,18-21H2. The summed E-state index contributed by atoms with van der Waals surface area (Å²) in [7, 11) is 0. The highest BCUT2D eigenvalue weighted by Crippen LogP contribution is 2.50. The first-order valence-corrected chi connectivity index (χ1v) is 17.5. The minimum Gasteiger partial charge on any atom is -0.508 e. The Balaban J connectivity index is 1.10. The van der Waals surface area contributed by atoms with E-state index in [1.54, 1.807) is 6.07 Å². The van der Waals surface area contributed by atoms with Crippen LogP contribution in [0.2, 0.25) is 0 Å². The van der Waals surface area contributed by atoms with Gasteiger partial charge >= 0.3 is 6.01 Å². The maximum atomic E-state index is 17.0. The van der Waals surface area contributed by atoms with Crippen molar-refractivity contribution in [2.24, 2.45) is 11.3 Å². The zero-order valence-corrected chi connectivity index (χ0v) is 27.3. The SMILES string of the molecule is C#Cc1c(F)ccc2cc(O)cc(-c3ccc4c(N5CC6CCC(C5)N6)nc(OCC5(CN6C7CCC6CC(C#N)C7)CC5)nc4c3F)c12. The van der Waals surface area contributed by atoms with E-state index in [4.69, 9.17) is 21.1 Å². The molecular formula is C39H38F2N6O2. The number of nitrogens with zero attached hydrogens (tertiary/aromatic N) is 5. The number of halogens is 2. The third kappa shape index (κ3) is 5.24. The molecule has 5 heterocycles. The number of terminal acetylenes is 1. The average Bonchev–Trinajstić information content (AvgIpc) is 3.74. The summed E-state index contributed by atoms with van der Waals surface area (Å²) in [5.41, 5.74) is 0.553. The van der Waals surface area contributed by atoms with Gasteiger partial charge in [0.25, 0.3) is 0 Å². The van der Waals surface area contributed by atoms with Crippen molar-refractivity contribution in [2.75, 3.05) is 31.1 Å². The fourth-order valence-electron chi connectivity index (χ4n) is 9.16. The molecule has 4 aromatic rings. The fourth-order valence-corrected chi connectivity index (χ4v) is 9.16. The lowest BCUT2D eigenvalue weighted by molar-refractivity contribution is 0.0760. The number of ether oxygens (including phenoxy) is 1. The van der Waals surface area contributed by atoms with Crippen molar-refractivity contribution < 1.29 is 18.6 Å². The Labute approximate surface area is 284 Å². The smallest absolute Gasteiger partial charge is 0.319 e. The van der Waals surface area contributed by atoms with Crippen LogP contribution >= 0.6 is 0 Å². The number of aromatic nitrogens is 2. The number of hydrogen-bond acceptors (Lipinski definition) is 8. The topological polar surface area (TPSA) is 97.5 Å². The number of nitrogens with one attached hydrogen (secondary N) is 1. The van der Waals surface area contributed by atoms with Gasteiger partial charge in [0.1, 0.15) is 22.9 Å². The number of hydrogen-bond donors (Lipinski definition) is 2. The monoisotopic (exact) mass is 660 g/mol. The molecule has 0 spiro atoms. The molecule has 4 saturated heterocycles. The molecule has 4 unspecified atom stereocenters. The Morgan fingerprint density at radius 2 is 1.76 bits per heavy atom. The third-order valence-electron chi connectivity index (χ3n) is 11.8. The number of piperazine rings is 1. The molecule has 4 aliphatic heterocycles. The van der Waals surface area contributed by atoms with Crippen molar-refractivity contribution in [3.05, 3.63) is 53.6 Å². The maximum absolute atomic E-state index is 17.0. The van der Waals surface area contributed by atoms with Gasteiger partial charge in [-0.25, -0.2) is 8.78 Å². The average molecular weight is 661 g/mol. The first-order valence-electron chi connectivity index (χ1n) is 17.5. The molecule has 10 heteroatoms. The highest BCUT2D eigenvalue weighted by molar-refractivity contribution is 6.04. The van der Waals surface area contributed by atoms with E-state index in [2.05, 4.69) is 27.1 Å². The van der Waals surface area contributed by atoms with E-state index in [0.717, 1.165) is 71.0 Å². The van der Waals surface area contributed by atoms with E-state index >= 15 is 4.39 Å². The van der Waals surface area contributed by atoms with E-state index in [9.17, 15) is 14.8 Å². The van der Waals surface area contributed by atoms with Gasteiger partial charge in [-0.2, -0.15) is 15.2 Å². The number of aromatic hydroxyl groups is 1. The molecule has 250 valence electrons. The van der Waals surface area contributed by atoms with Crippen LogP contribution in [0.4, 0.5) is 14.6 Å². The second kappa shape index (κ2) is 11.5. The number of phenolic OH excluding ortho intramolecular Hbond substituents is 1. The summed E-state index contributed by atoms with van der Waals surface area (Å²) < 4.78 is 38.3. The zero-order chi connectivity index (χ0) is 33.4. The van der Waals surface area contributed by atoms with E-state index in [-0.39, 0.29) is 45.3 Å². The van der Waals surface area contributed by atoms with Crippen molar-refractivity contribution in [2.45, 2.75) is 75.5 Å². The first-order chi connectivity index (χ1) is 23.8. The summed E-state index contributed by atoms with van der Waals surface area (Å²) in [4.78, 5) is 14.5. The quantitative estimate of drug-likeness (QED) is 0.224. The Bertz CT molecular complexity index is 2060. The van der Waals surface area contributed by atoms with E-state index in [1.165, 1.54) is 24.3 Å². The van der Waals surface area contributed by atoms with Crippen LogP contribution in [0.15, 0.2) is 36.4 Å². The second-order valence-corrected chi connectivity index (χ2v) is 15.0. The molecule has 9 rings (SSSR count). The van der Waals surface area contributed by atoms with Crippen LogP contribution in [0.1, 0.15) is 56.9 Å². The highest BCUT2D eigenvalue weighted by Gasteiger charge is 2.50. The lowest BCUT2D eigenvalue weighted by Crippen LogP contribution is -2.51. The molecule has 1 saturated carbocycles. The summed E-state index contributed by atoms with van der Waals surface area (Å²) in [5.74, 6) is 1.94. The van der Waals surface area contributed by atoms with Gasteiger partial charge in [0.2, 0.25) is 0 Å². The largest absolute Gasteiger partial charge is 0.508 e. The van der Waals surface area contributed by atoms with E-state index < -0.39 is 11.6 Å². The van der Waals surface area contributed by atoms with Crippen LogP contribution in [-0.2, 0) is 0 Å². The lowest BCUT2D eigenvalue weighted by Gasteiger charge is -2.39. The molecular weight excluding hydrogens is 622 g/mol. The van der Waals surface area contributed by atoms with Gasteiger partial charge in [0, 0.05) is 71.5 Å². The number of anilines is 1. The molecule has 3 aromatic carbocycles. The van der Waals surface area contributed by atoms with E-state index in [1.807, 2.05) is 6.07 Å². The van der Waals surface area contributed by atoms with Crippen LogP contribution in [0.3, 0.4) is 0 Å². The predicted octanol–water partition coefficient (Wildman–Crippen LogP) is 6.28. The number of benzene rings is 3. The van der Waals surface area contributed by atoms with Gasteiger partial charge in [0.15, 0.2) is 5.82 Å². The van der Waals surface area contributed by atoms with Crippen LogP contribution in [0.5, 0.6) is 11.8 Å². The summed E-state index contributed by atoms with van der Waals surface area (Å²) >= 11 is 0. The summed E-state index contributed by atoms with van der Waals surface area (Å²) in [6, 6.07) is 13.4. The van der Waals surface area contributed by atoms with Crippen LogP contribution in [0, 0.1) is 46.6 Å². The Morgan fingerprint density at radius 1 is 1.00 bits per heavy atom. The predicted molar refractivity (Wildman–Crippen MR) is 183 cm³/mol. The zero-order valence-electron chi connectivity index (χ0n) is 27.3. The molecule has 49 heavy (non-hydrogen) atoms. The van der Waals surface area contributed by atoms with Gasteiger partial charge in [-0.05, 0) is 86.6 Å². The number of fused-ring (bicyclic) bond motifs is 6. The number of rotatable bonds is 7. The highest BCUT2D eigenvalue weighted by atomic mass is 19.1. The second-order valence-electron chi connectivity index (χ2n) is 15.0. The van der Waals surface area contributed by atoms with E-state index in [0.29, 0.717) is 52.8 Å². The number of nitriles is 1. The molecule has 5 aliphatic rings. The molecule has 4 atom stereocenters. The Hall–Kier alpha value is -4.51. The summed E-state index contributed by atoms with van der Waals surface area (Å²) in [5, 5.41) is 25.2. The van der Waals surface area contributed by atoms with Crippen molar-refractivity contribution in [3.63, 3.8) is 0 Å². The normalized spacial score (nSPS) is 26.9. The molecule has 1 aromatic heterocycles. The van der Waals surface area contributed by atoms with Crippen LogP contribution in [0.25, 0.3) is 32.8 Å². The van der Waals surface area contributed by atoms with Crippen molar-refractivity contribution in [1.29, 1.82) is 5.26 Å². The first kappa shape index (κ1) is 30.5. The van der Waals surface area contributed by atoms with Crippen molar-refractivity contribution in [3.8, 4) is 41.3 Å². The van der Waals surface area contributed by atoms with Gasteiger partial charge in [-0.1, -0.05) is 18.1 Å². The Kier molecular flexibility index (Phi) is 7.19. The summed E-state index contributed by atoms with van der Waals surface area (Å²) in [6.07, 6.45) is 14.2. The molecule has 1 aliphatic carbocycles. The fraction of sp³-hybridized carbons (Fsp3) is 0.462. The maximum Gasteiger partial charge on any atom is 0.319 e. The molecule has 0 radical (unpaired) electrons. The lowest BCUT2D eigenvalue weighted by atomic mass is 9.90. The number of phenols is 1. The Morgan fingerprint density at radius 3 is 2.45 bits per heavy atom. The van der Waals surface area contributed by atoms with Crippen LogP contribution < -0.4 is 15.0 Å². The van der Waals surface area contributed by atoms with Gasteiger partial charge < -0.3 is 20.1 Å². The number of piperidine rings is 1. The summed E-state index contributed by atoms with van der Waals surface area (Å²) in [6.45, 7) is 2.86. The van der Waals surface area contributed by atoms with Gasteiger partial charge in [-0.3, -0.25) is 4.90 Å². The minimum atomic E-state index is -0.610.